The minimum Gasteiger partial charge on any atom is -0.453 e. The third-order valence-corrected chi connectivity index (χ3v) is 3.17. The predicted octanol–water partition coefficient (Wildman–Crippen LogP) is 0.420. The van der Waals surface area contributed by atoms with Gasteiger partial charge in [-0.2, -0.15) is 0 Å². The van der Waals surface area contributed by atoms with Gasteiger partial charge in [0.1, 0.15) is 10.5 Å². The van der Waals surface area contributed by atoms with Crippen LogP contribution in [0.3, 0.4) is 0 Å². The van der Waals surface area contributed by atoms with Crippen molar-refractivity contribution < 1.29 is 14.4 Å². The molecule has 3 atom stereocenters. The first-order valence-electron chi connectivity index (χ1n) is 5.11. The number of quaternary nitrogens is 1. The lowest BCUT2D eigenvalue weighted by Gasteiger charge is -2.35. The molecule has 3 unspecified atom stereocenters. The van der Waals surface area contributed by atoms with Crippen LogP contribution in [0.5, 0.6) is 0 Å². The number of nitrogens with one attached hydrogen (secondary N) is 1. The Morgan fingerprint density at radius 3 is 2.79 bits per heavy atom. The molecule has 0 spiro atoms. The van der Waals surface area contributed by atoms with E-state index in [-0.39, 0.29) is 15.5 Å². The molecule has 1 aliphatic heterocycles. The molecule has 14 heavy (non-hydrogen) atoms. The third-order valence-electron chi connectivity index (χ3n) is 2.66. The van der Waals surface area contributed by atoms with E-state index in [2.05, 4.69) is 29.6 Å². The number of carbonyl (C=O) groups is 1. The Morgan fingerprint density at radius 1 is 1.64 bits per heavy atom. The van der Waals surface area contributed by atoms with E-state index in [1.165, 1.54) is 11.4 Å². The molecule has 1 fully saturated rings. The number of hydrogen-bond donors (Lipinski definition) is 1. The van der Waals surface area contributed by atoms with Crippen LogP contribution < -0.4 is 4.90 Å². The van der Waals surface area contributed by atoms with Gasteiger partial charge in [-0.3, -0.25) is 4.79 Å². The standard InChI is InChI=1S/C10H18INO2/c1-8(11)9(13)14-10(2)5-4-6-12(3)7-10/h8H,4-7H2,1-3H3/p+1. The van der Waals surface area contributed by atoms with E-state index in [1.807, 2.05) is 13.8 Å². The fraction of sp³-hybridized carbons (Fsp3) is 0.900. The fourth-order valence-electron chi connectivity index (χ4n) is 1.99. The Kier molecular flexibility index (Phi) is 4.18. The number of likely N-dealkylation sites (N-methyl/N-ethyl adjacent to an activating group) is 1. The maximum atomic E-state index is 11.5. The van der Waals surface area contributed by atoms with Crippen LogP contribution in [0.4, 0.5) is 0 Å². The van der Waals surface area contributed by atoms with Crippen molar-refractivity contribution in [3.05, 3.63) is 0 Å². The summed E-state index contributed by atoms with van der Waals surface area (Å²) in [6.07, 6.45) is 2.14. The number of piperidine rings is 1. The molecule has 1 heterocycles. The molecule has 3 nitrogen and oxygen atoms in total. The first-order valence-corrected chi connectivity index (χ1v) is 6.36. The molecule has 82 valence electrons. The van der Waals surface area contributed by atoms with Crippen molar-refractivity contribution in [2.45, 2.75) is 36.2 Å². The summed E-state index contributed by atoms with van der Waals surface area (Å²) in [4.78, 5) is 12.9. The molecule has 1 N–H and O–H groups in total. The van der Waals surface area contributed by atoms with Gasteiger partial charge >= 0.3 is 5.97 Å². The van der Waals surface area contributed by atoms with Crippen LogP contribution in [-0.2, 0) is 9.53 Å². The van der Waals surface area contributed by atoms with Crippen molar-refractivity contribution in [1.29, 1.82) is 0 Å². The maximum Gasteiger partial charge on any atom is 0.319 e. The lowest BCUT2D eigenvalue weighted by Crippen LogP contribution is -3.12. The average molecular weight is 312 g/mol. The molecule has 0 aromatic heterocycles. The summed E-state index contributed by atoms with van der Waals surface area (Å²) >= 11 is 2.10. The Labute approximate surface area is 99.3 Å². The highest BCUT2D eigenvalue weighted by atomic mass is 127. The summed E-state index contributed by atoms with van der Waals surface area (Å²) in [5.74, 6) is -0.0807. The van der Waals surface area contributed by atoms with E-state index >= 15 is 0 Å². The minimum atomic E-state index is -0.237. The molecule has 1 aliphatic rings. The van der Waals surface area contributed by atoms with Crippen LogP contribution >= 0.6 is 22.6 Å². The Morgan fingerprint density at radius 2 is 2.29 bits per heavy atom. The van der Waals surface area contributed by atoms with Gasteiger partial charge in [0.25, 0.3) is 0 Å². The van der Waals surface area contributed by atoms with Crippen LogP contribution in [0.25, 0.3) is 0 Å². The quantitative estimate of drug-likeness (QED) is 0.455. The van der Waals surface area contributed by atoms with Gasteiger partial charge in [-0.25, -0.2) is 0 Å². The zero-order chi connectivity index (χ0) is 10.8. The monoisotopic (exact) mass is 312 g/mol. The minimum absolute atomic E-state index is 0.0494. The van der Waals surface area contributed by atoms with Crippen LogP contribution in [0.1, 0.15) is 26.7 Å². The molecule has 0 saturated carbocycles. The van der Waals surface area contributed by atoms with Gasteiger partial charge in [-0.15, -0.1) is 0 Å². The molecule has 0 aromatic carbocycles. The second-order valence-corrected chi connectivity index (χ2v) is 6.34. The summed E-state index contributed by atoms with van der Waals surface area (Å²) < 4.78 is 5.49. The van der Waals surface area contributed by atoms with Gasteiger partial charge < -0.3 is 9.64 Å². The largest absolute Gasteiger partial charge is 0.453 e. The molecular weight excluding hydrogens is 293 g/mol. The molecule has 0 bridgehead atoms. The van der Waals surface area contributed by atoms with Crippen LogP contribution in [-0.4, -0.2) is 35.6 Å². The van der Waals surface area contributed by atoms with Crippen LogP contribution in [0.15, 0.2) is 0 Å². The van der Waals surface area contributed by atoms with E-state index in [0.29, 0.717) is 0 Å². The Balaban J connectivity index is 2.52. The van der Waals surface area contributed by atoms with Gasteiger partial charge in [0.15, 0.2) is 5.60 Å². The van der Waals surface area contributed by atoms with Gasteiger partial charge in [0, 0.05) is 6.42 Å². The van der Waals surface area contributed by atoms with Crippen LogP contribution in [0.2, 0.25) is 0 Å². The Hall–Kier alpha value is 0.160. The van der Waals surface area contributed by atoms with E-state index in [4.69, 9.17) is 4.74 Å². The predicted molar refractivity (Wildman–Crippen MR) is 63.8 cm³/mol. The summed E-state index contributed by atoms with van der Waals surface area (Å²) in [5.41, 5.74) is -0.237. The number of ether oxygens (including phenoxy) is 1. The van der Waals surface area contributed by atoms with Crippen molar-refractivity contribution in [3.8, 4) is 0 Å². The number of esters is 1. The highest BCUT2D eigenvalue weighted by molar-refractivity contribution is 14.1. The van der Waals surface area contributed by atoms with Crippen molar-refractivity contribution >= 4 is 28.6 Å². The lowest BCUT2D eigenvalue weighted by atomic mass is 9.95. The maximum absolute atomic E-state index is 11.5. The summed E-state index contributed by atoms with van der Waals surface area (Å²) in [6, 6.07) is 0. The second kappa shape index (κ2) is 4.79. The smallest absolute Gasteiger partial charge is 0.319 e. The molecule has 0 aliphatic carbocycles. The van der Waals surface area contributed by atoms with Crippen molar-refractivity contribution in [1.82, 2.24) is 0 Å². The fourth-order valence-corrected chi connectivity index (χ4v) is 2.12. The van der Waals surface area contributed by atoms with E-state index in [1.54, 1.807) is 0 Å². The number of alkyl halides is 1. The van der Waals surface area contributed by atoms with Gasteiger partial charge in [0.05, 0.1) is 13.6 Å². The van der Waals surface area contributed by atoms with Gasteiger partial charge in [-0.05, 0) is 20.3 Å². The van der Waals surface area contributed by atoms with Gasteiger partial charge in [-0.1, -0.05) is 22.6 Å². The SMILES string of the molecule is CC(I)C(=O)OC1(C)CCC[NH+](C)C1. The number of rotatable bonds is 2. The molecule has 1 saturated heterocycles. The molecule has 0 radical (unpaired) electrons. The van der Waals surface area contributed by atoms with Gasteiger partial charge in [0.2, 0.25) is 0 Å². The van der Waals surface area contributed by atoms with E-state index < -0.39 is 0 Å². The summed E-state index contributed by atoms with van der Waals surface area (Å²) in [5, 5.41) is 0. The third kappa shape index (κ3) is 3.38. The summed E-state index contributed by atoms with van der Waals surface area (Å²) in [6.45, 7) is 6.03. The molecule has 0 aromatic rings. The number of carbonyl (C=O) groups excluding carboxylic acids is 1. The number of likely N-dealkylation sites (tertiary alicyclic amines) is 1. The van der Waals surface area contributed by atoms with E-state index in [0.717, 1.165) is 19.4 Å². The lowest BCUT2D eigenvalue weighted by molar-refractivity contribution is -0.891. The first-order chi connectivity index (χ1) is 6.43. The molecule has 4 heteroatoms. The highest BCUT2D eigenvalue weighted by Crippen LogP contribution is 2.20. The van der Waals surface area contributed by atoms with Crippen LogP contribution in [0, 0.1) is 0 Å². The first kappa shape index (κ1) is 12.2. The topological polar surface area (TPSA) is 30.7 Å². The highest BCUT2D eigenvalue weighted by Gasteiger charge is 2.36. The molecule has 0 amide bonds. The number of halogens is 1. The zero-order valence-electron chi connectivity index (χ0n) is 9.10. The normalized spacial score (nSPS) is 35.0. The van der Waals surface area contributed by atoms with Crippen molar-refractivity contribution in [2.75, 3.05) is 20.1 Å². The molecule has 1 rings (SSSR count). The van der Waals surface area contributed by atoms with Crippen molar-refractivity contribution in [3.63, 3.8) is 0 Å². The molecular formula is C10H19INO2+. The van der Waals surface area contributed by atoms with E-state index in [9.17, 15) is 4.79 Å². The average Bonchev–Trinajstić information content (AvgIpc) is 2.02. The zero-order valence-corrected chi connectivity index (χ0v) is 11.3. The Bertz CT molecular complexity index is 220. The summed E-state index contributed by atoms with van der Waals surface area (Å²) in [7, 11) is 2.15. The van der Waals surface area contributed by atoms with Crippen molar-refractivity contribution in [2.24, 2.45) is 0 Å². The number of hydrogen-bond acceptors (Lipinski definition) is 2. The second-order valence-electron chi connectivity index (χ2n) is 4.47.